The first-order chi connectivity index (χ1) is 13.0. The van der Waals surface area contributed by atoms with Gasteiger partial charge in [-0.1, -0.05) is 54.6 Å². The van der Waals surface area contributed by atoms with Gasteiger partial charge in [0.25, 0.3) is 0 Å². The van der Waals surface area contributed by atoms with Crippen molar-refractivity contribution in [3.8, 4) is 0 Å². The number of aryl methyl sites for hydroxylation is 1. The molecule has 0 bridgehead atoms. The van der Waals surface area contributed by atoms with Crippen LogP contribution in [0.15, 0.2) is 83.8 Å². The van der Waals surface area contributed by atoms with Gasteiger partial charge in [0.1, 0.15) is 11.9 Å². The van der Waals surface area contributed by atoms with E-state index in [1.165, 1.54) is 0 Å². The van der Waals surface area contributed by atoms with E-state index in [1.54, 1.807) is 30.3 Å². The minimum absolute atomic E-state index is 0.220. The molecule has 5 nitrogen and oxygen atoms in total. The Morgan fingerprint density at radius 3 is 2.30 bits per heavy atom. The standard InChI is InChI=1S/C21H19N3O2S/c1-15-12-13-18-19(14-15)23-21(22-18)20(16-8-4-2-5-9-16)24-27(25,26)17-10-6-3-7-11-17/h2-14,20,24H,1H3,(H,22,23). The Hall–Kier alpha value is -2.96. The number of aromatic amines is 1. The Labute approximate surface area is 158 Å². The number of nitrogens with one attached hydrogen (secondary N) is 2. The molecule has 1 atom stereocenters. The highest BCUT2D eigenvalue weighted by atomic mass is 32.2. The lowest BCUT2D eigenvalue weighted by Crippen LogP contribution is -2.30. The van der Waals surface area contributed by atoms with Crippen LogP contribution in [0.5, 0.6) is 0 Å². The van der Waals surface area contributed by atoms with Gasteiger partial charge in [-0.2, -0.15) is 4.72 Å². The number of benzene rings is 3. The van der Waals surface area contributed by atoms with Crippen LogP contribution in [0.25, 0.3) is 11.0 Å². The summed E-state index contributed by atoms with van der Waals surface area (Å²) >= 11 is 0. The van der Waals surface area contributed by atoms with Crippen LogP contribution in [0.4, 0.5) is 0 Å². The van der Waals surface area contributed by atoms with Gasteiger partial charge in [-0.3, -0.25) is 0 Å². The second-order valence-corrected chi connectivity index (χ2v) is 8.13. The van der Waals surface area contributed by atoms with Crippen LogP contribution in [-0.2, 0) is 10.0 Å². The lowest BCUT2D eigenvalue weighted by molar-refractivity contribution is 0.568. The van der Waals surface area contributed by atoms with E-state index in [9.17, 15) is 8.42 Å². The average molecular weight is 377 g/mol. The van der Waals surface area contributed by atoms with Crippen molar-refractivity contribution in [1.29, 1.82) is 0 Å². The van der Waals surface area contributed by atoms with E-state index in [1.807, 2.05) is 55.5 Å². The van der Waals surface area contributed by atoms with Gasteiger partial charge >= 0.3 is 0 Å². The molecule has 27 heavy (non-hydrogen) atoms. The van der Waals surface area contributed by atoms with E-state index in [4.69, 9.17) is 0 Å². The van der Waals surface area contributed by atoms with E-state index >= 15 is 0 Å². The van der Waals surface area contributed by atoms with Crippen molar-refractivity contribution in [3.63, 3.8) is 0 Å². The van der Waals surface area contributed by atoms with E-state index < -0.39 is 16.1 Å². The first-order valence-electron chi connectivity index (χ1n) is 8.61. The quantitative estimate of drug-likeness (QED) is 0.553. The lowest BCUT2D eigenvalue weighted by atomic mass is 10.1. The molecule has 0 saturated carbocycles. The fraction of sp³-hybridized carbons (Fsp3) is 0.0952. The van der Waals surface area contributed by atoms with Crippen LogP contribution < -0.4 is 4.72 Å². The third kappa shape index (κ3) is 3.63. The van der Waals surface area contributed by atoms with Crippen molar-refractivity contribution in [3.05, 3.63) is 95.8 Å². The molecule has 0 aliphatic carbocycles. The maximum absolute atomic E-state index is 12.9. The fourth-order valence-corrected chi connectivity index (χ4v) is 4.24. The second-order valence-electron chi connectivity index (χ2n) is 6.42. The SMILES string of the molecule is Cc1ccc2nc(C(NS(=O)(=O)c3ccccc3)c3ccccc3)[nH]c2c1. The zero-order valence-electron chi connectivity index (χ0n) is 14.8. The van der Waals surface area contributed by atoms with E-state index in [0.29, 0.717) is 5.82 Å². The van der Waals surface area contributed by atoms with Gasteiger partial charge in [-0.15, -0.1) is 0 Å². The molecule has 0 fully saturated rings. The third-order valence-electron chi connectivity index (χ3n) is 4.39. The Morgan fingerprint density at radius 2 is 1.59 bits per heavy atom. The Balaban J connectivity index is 1.80. The molecule has 0 amide bonds. The van der Waals surface area contributed by atoms with Crippen LogP contribution in [0.2, 0.25) is 0 Å². The molecule has 1 unspecified atom stereocenters. The van der Waals surface area contributed by atoms with Crippen LogP contribution >= 0.6 is 0 Å². The fourth-order valence-electron chi connectivity index (χ4n) is 3.03. The largest absolute Gasteiger partial charge is 0.340 e. The molecule has 2 N–H and O–H groups in total. The van der Waals surface area contributed by atoms with Crippen molar-refractivity contribution in [2.24, 2.45) is 0 Å². The van der Waals surface area contributed by atoms with E-state index in [-0.39, 0.29) is 4.90 Å². The van der Waals surface area contributed by atoms with Crippen molar-refractivity contribution >= 4 is 21.1 Å². The summed E-state index contributed by atoms with van der Waals surface area (Å²) in [6.07, 6.45) is 0. The maximum Gasteiger partial charge on any atom is 0.241 e. The molecular formula is C21H19N3O2S. The zero-order chi connectivity index (χ0) is 18.9. The minimum atomic E-state index is -3.71. The third-order valence-corrected chi connectivity index (χ3v) is 5.83. The highest BCUT2D eigenvalue weighted by molar-refractivity contribution is 7.89. The number of sulfonamides is 1. The van der Waals surface area contributed by atoms with Gasteiger partial charge in [0, 0.05) is 0 Å². The number of rotatable bonds is 5. The number of imidazole rings is 1. The van der Waals surface area contributed by atoms with Crippen LogP contribution in [0.3, 0.4) is 0 Å². The Morgan fingerprint density at radius 1 is 0.926 bits per heavy atom. The van der Waals surface area contributed by atoms with Gasteiger partial charge in [0.2, 0.25) is 10.0 Å². The first-order valence-corrected chi connectivity index (χ1v) is 10.1. The average Bonchev–Trinajstić information content (AvgIpc) is 3.10. The number of hydrogen-bond donors (Lipinski definition) is 2. The summed E-state index contributed by atoms with van der Waals surface area (Å²) in [7, 11) is -3.71. The molecule has 136 valence electrons. The number of aromatic nitrogens is 2. The van der Waals surface area contributed by atoms with Gasteiger partial charge in [-0.25, -0.2) is 13.4 Å². The molecule has 6 heteroatoms. The van der Waals surface area contributed by atoms with Gasteiger partial charge in [0.05, 0.1) is 15.9 Å². The summed E-state index contributed by atoms with van der Waals surface area (Å²) in [6.45, 7) is 2.01. The predicted octanol–water partition coefficient (Wildman–Crippen LogP) is 3.94. The molecule has 0 saturated heterocycles. The number of nitrogens with zero attached hydrogens (tertiary/aromatic N) is 1. The van der Waals surface area contributed by atoms with E-state index in [0.717, 1.165) is 22.2 Å². The molecule has 0 aliphatic heterocycles. The van der Waals surface area contributed by atoms with Crippen molar-refractivity contribution in [2.45, 2.75) is 17.9 Å². The van der Waals surface area contributed by atoms with Crippen LogP contribution in [-0.4, -0.2) is 18.4 Å². The first kappa shape index (κ1) is 17.5. The second kappa shape index (κ2) is 6.98. The summed E-state index contributed by atoms with van der Waals surface area (Å²) in [5.41, 5.74) is 3.60. The topological polar surface area (TPSA) is 74.8 Å². The van der Waals surface area contributed by atoms with Gasteiger partial charge in [0.15, 0.2) is 0 Å². The van der Waals surface area contributed by atoms with Crippen LogP contribution in [0, 0.1) is 6.92 Å². The molecule has 0 aliphatic rings. The summed E-state index contributed by atoms with van der Waals surface area (Å²) in [5.74, 6) is 0.557. The van der Waals surface area contributed by atoms with Crippen molar-refractivity contribution in [2.75, 3.05) is 0 Å². The molecule has 4 rings (SSSR count). The molecule has 1 aromatic heterocycles. The Kier molecular flexibility index (Phi) is 4.51. The number of hydrogen-bond acceptors (Lipinski definition) is 3. The molecule has 4 aromatic rings. The van der Waals surface area contributed by atoms with Crippen LogP contribution in [0.1, 0.15) is 23.0 Å². The number of H-pyrrole nitrogens is 1. The molecule has 0 spiro atoms. The highest BCUT2D eigenvalue weighted by Gasteiger charge is 2.25. The summed E-state index contributed by atoms with van der Waals surface area (Å²) in [5, 5.41) is 0. The minimum Gasteiger partial charge on any atom is -0.340 e. The molecule has 3 aromatic carbocycles. The van der Waals surface area contributed by atoms with Gasteiger partial charge in [-0.05, 0) is 42.3 Å². The molecule has 1 heterocycles. The lowest BCUT2D eigenvalue weighted by Gasteiger charge is -2.17. The van der Waals surface area contributed by atoms with E-state index in [2.05, 4.69) is 14.7 Å². The Bertz CT molecular complexity index is 1170. The molecular weight excluding hydrogens is 358 g/mol. The predicted molar refractivity (Wildman–Crippen MR) is 106 cm³/mol. The van der Waals surface area contributed by atoms with Crippen molar-refractivity contribution < 1.29 is 8.42 Å². The normalized spacial score (nSPS) is 12.9. The maximum atomic E-state index is 12.9. The zero-order valence-corrected chi connectivity index (χ0v) is 15.6. The van der Waals surface area contributed by atoms with Gasteiger partial charge < -0.3 is 4.98 Å². The highest BCUT2D eigenvalue weighted by Crippen LogP contribution is 2.25. The summed E-state index contributed by atoms with van der Waals surface area (Å²) in [4.78, 5) is 8.12. The summed E-state index contributed by atoms with van der Waals surface area (Å²) < 4.78 is 28.6. The summed E-state index contributed by atoms with van der Waals surface area (Å²) in [6, 6.07) is 23.1. The number of fused-ring (bicyclic) bond motifs is 1. The smallest absolute Gasteiger partial charge is 0.241 e. The van der Waals surface area contributed by atoms with Crippen molar-refractivity contribution in [1.82, 2.24) is 14.7 Å². The monoisotopic (exact) mass is 377 g/mol. The molecule has 0 radical (unpaired) electrons.